The third-order valence-corrected chi connectivity index (χ3v) is 2.69. The third-order valence-electron chi connectivity index (χ3n) is 1.84. The molecule has 4 heteroatoms. The maximum absolute atomic E-state index is 11.5. The second-order valence-corrected chi connectivity index (χ2v) is 3.86. The lowest BCUT2D eigenvalue weighted by Gasteiger charge is -2.02. The Labute approximate surface area is 91.4 Å². The molecule has 0 aliphatic heterocycles. The Hall–Kier alpha value is -1.68. The summed E-state index contributed by atoms with van der Waals surface area (Å²) >= 11 is 1.38. The summed E-state index contributed by atoms with van der Waals surface area (Å²) in [6.45, 7) is 0.291. The molecule has 2 heterocycles. The minimum Gasteiger partial charge on any atom is -0.457 e. The molecule has 76 valence electrons. The standard InChI is InChI=1S/C11H9NO2S/c13-11(10-2-1-7-15-10)14-8-9-3-5-12-6-4-9/h1-7H,8H2. The lowest BCUT2D eigenvalue weighted by molar-refractivity contribution is 0.0478. The predicted octanol–water partition coefficient (Wildman–Crippen LogP) is 2.50. The molecule has 0 N–H and O–H groups in total. The zero-order valence-corrected chi connectivity index (χ0v) is 8.74. The topological polar surface area (TPSA) is 39.2 Å². The van der Waals surface area contributed by atoms with Gasteiger partial charge in [0.15, 0.2) is 0 Å². The number of thiophene rings is 1. The molecule has 0 bridgehead atoms. The summed E-state index contributed by atoms with van der Waals surface area (Å²) in [5.41, 5.74) is 0.940. The van der Waals surface area contributed by atoms with Gasteiger partial charge in [-0.05, 0) is 29.1 Å². The highest BCUT2D eigenvalue weighted by molar-refractivity contribution is 7.11. The van der Waals surface area contributed by atoms with Gasteiger partial charge in [-0.25, -0.2) is 4.79 Å². The van der Waals surface area contributed by atoms with E-state index in [4.69, 9.17) is 4.74 Å². The van der Waals surface area contributed by atoms with Crippen molar-refractivity contribution in [2.24, 2.45) is 0 Å². The van der Waals surface area contributed by atoms with E-state index in [2.05, 4.69) is 4.98 Å². The molecule has 3 nitrogen and oxygen atoms in total. The molecule has 0 aromatic carbocycles. The fraction of sp³-hybridized carbons (Fsp3) is 0.0909. The zero-order valence-electron chi connectivity index (χ0n) is 7.92. The van der Waals surface area contributed by atoms with Crippen LogP contribution in [0.25, 0.3) is 0 Å². The number of hydrogen-bond acceptors (Lipinski definition) is 4. The molecule has 2 rings (SSSR count). The van der Waals surface area contributed by atoms with E-state index in [1.54, 1.807) is 18.5 Å². The molecule has 0 aliphatic rings. The first-order chi connectivity index (χ1) is 7.36. The molecule has 0 aliphatic carbocycles. The first kappa shape index (κ1) is 9.86. The first-order valence-corrected chi connectivity index (χ1v) is 5.34. The van der Waals surface area contributed by atoms with Gasteiger partial charge in [0.2, 0.25) is 0 Å². The zero-order chi connectivity index (χ0) is 10.5. The number of rotatable bonds is 3. The number of ether oxygens (including phenoxy) is 1. The van der Waals surface area contributed by atoms with Crippen molar-refractivity contribution >= 4 is 17.3 Å². The molecule has 2 aromatic heterocycles. The normalized spacial score (nSPS) is 9.87. The van der Waals surface area contributed by atoms with E-state index in [1.807, 2.05) is 23.6 Å². The van der Waals surface area contributed by atoms with Crippen molar-refractivity contribution in [3.63, 3.8) is 0 Å². The third kappa shape index (κ3) is 2.63. The predicted molar refractivity (Wildman–Crippen MR) is 57.7 cm³/mol. The summed E-state index contributed by atoms with van der Waals surface area (Å²) in [5.74, 6) is -0.276. The molecular weight excluding hydrogens is 210 g/mol. The summed E-state index contributed by atoms with van der Waals surface area (Å²) in [5, 5.41) is 1.85. The van der Waals surface area contributed by atoms with E-state index in [-0.39, 0.29) is 5.97 Å². The Morgan fingerprint density at radius 3 is 2.80 bits per heavy atom. The molecule has 0 unspecified atom stereocenters. The molecule has 0 saturated carbocycles. The average Bonchev–Trinajstić information content (AvgIpc) is 2.81. The number of nitrogens with zero attached hydrogens (tertiary/aromatic N) is 1. The molecule has 0 atom stereocenters. The van der Waals surface area contributed by atoms with Crippen LogP contribution < -0.4 is 0 Å². The van der Waals surface area contributed by atoms with Gasteiger partial charge in [0, 0.05) is 12.4 Å². The van der Waals surface area contributed by atoms with Crippen molar-refractivity contribution in [3.8, 4) is 0 Å². The Bertz CT molecular complexity index is 425. The fourth-order valence-corrected chi connectivity index (χ4v) is 1.71. The van der Waals surface area contributed by atoms with E-state index in [1.165, 1.54) is 11.3 Å². The van der Waals surface area contributed by atoms with Crippen LogP contribution in [-0.4, -0.2) is 11.0 Å². The summed E-state index contributed by atoms with van der Waals surface area (Å²) in [6.07, 6.45) is 3.35. The van der Waals surface area contributed by atoms with E-state index < -0.39 is 0 Å². The van der Waals surface area contributed by atoms with Crippen molar-refractivity contribution < 1.29 is 9.53 Å². The van der Waals surface area contributed by atoms with Gasteiger partial charge in [0.1, 0.15) is 11.5 Å². The van der Waals surface area contributed by atoms with Gasteiger partial charge < -0.3 is 4.74 Å². The SMILES string of the molecule is O=C(OCc1ccncc1)c1cccs1. The second-order valence-electron chi connectivity index (χ2n) is 2.91. The Kier molecular flexibility index (Phi) is 3.09. The van der Waals surface area contributed by atoms with Crippen LogP contribution in [0.5, 0.6) is 0 Å². The van der Waals surface area contributed by atoms with Gasteiger partial charge in [-0.1, -0.05) is 6.07 Å². The number of aromatic nitrogens is 1. The Morgan fingerprint density at radius 2 is 2.13 bits per heavy atom. The Morgan fingerprint density at radius 1 is 1.33 bits per heavy atom. The largest absolute Gasteiger partial charge is 0.457 e. The van der Waals surface area contributed by atoms with Crippen molar-refractivity contribution in [2.45, 2.75) is 6.61 Å². The van der Waals surface area contributed by atoms with Crippen molar-refractivity contribution in [1.82, 2.24) is 4.98 Å². The van der Waals surface area contributed by atoms with E-state index >= 15 is 0 Å². The van der Waals surface area contributed by atoms with Crippen molar-refractivity contribution in [1.29, 1.82) is 0 Å². The summed E-state index contributed by atoms with van der Waals surface area (Å²) in [6, 6.07) is 7.22. The molecule has 0 saturated heterocycles. The maximum atomic E-state index is 11.5. The van der Waals surface area contributed by atoms with Crippen LogP contribution in [0.3, 0.4) is 0 Å². The summed E-state index contributed by atoms with van der Waals surface area (Å²) in [7, 11) is 0. The van der Waals surface area contributed by atoms with E-state index in [0.717, 1.165) is 5.56 Å². The highest BCUT2D eigenvalue weighted by Gasteiger charge is 2.07. The van der Waals surface area contributed by atoms with Crippen LogP contribution in [0, 0.1) is 0 Å². The van der Waals surface area contributed by atoms with Crippen molar-refractivity contribution in [3.05, 3.63) is 52.5 Å². The second kappa shape index (κ2) is 4.70. The van der Waals surface area contributed by atoms with Gasteiger partial charge in [0.25, 0.3) is 0 Å². The van der Waals surface area contributed by atoms with Gasteiger partial charge in [-0.15, -0.1) is 11.3 Å². The number of carbonyl (C=O) groups excluding carboxylic acids is 1. The van der Waals surface area contributed by atoms with Crippen LogP contribution in [0.2, 0.25) is 0 Å². The molecule has 2 aromatic rings. The summed E-state index contributed by atoms with van der Waals surface area (Å²) in [4.78, 5) is 16.0. The van der Waals surface area contributed by atoms with Gasteiger partial charge in [-0.2, -0.15) is 0 Å². The highest BCUT2D eigenvalue weighted by atomic mass is 32.1. The monoisotopic (exact) mass is 219 g/mol. The van der Waals surface area contributed by atoms with Crippen LogP contribution in [0.4, 0.5) is 0 Å². The van der Waals surface area contributed by atoms with Gasteiger partial charge >= 0.3 is 5.97 Å². The first-order valence-electron chi connectivity index (χ1n) is 4.46. The van der Waals surface area contributed by atoms with Crippen molar-refractivity contribution in [2.75, 3.05) is 0 Å². The molecule has 0 radical (unpaired) electrons. The number of carbonyl (C=O) groups is 1. The lowest BCUT2D eigenvalue weighted by atomic mass is 10.3. The molecule has 0 fully saturated rings. The van der Waals surface area contributed by atoms with E-state index in [0.29, 0.717) is 11.5 Å². The average molecular weight is 219 g/mol. The van der Waals surface area contributed by atoms with Crippen LogP contribution in [-0.2, 0) is 11.3 Å². The molecular formula is C11H9NO2S. The maximum Gasteiger partial charge on any atom is 0.348 e. The van der Waals surface area contributed by atoms with Crippen LogP contribution >= 0.6 is 11.3 Å². The summed E-state index contributed by atoms with van der Waals surface area (Å²) < 4.78 is 5.12. The number of hydrogen-bond donors (Lipinski definition) is 0. The number of pyridine rings is 1. The lowest BCUT2D eigenvalue weighted by Crippen LogP contribution is -2.02. The van der Waals surface area contributed by atoms with Gasteiger partial charge in [0.05, 0.1) is 0 Å². The van der Waals surface area contributed by atoms with Crippen LogP contribution in [0.1, 0.15) is 15.2 Å². The van der Waals surface area contributed by atoms with E-state index in [9.17, 15) is 4.79 Å². The molecule has 0 amide bonds. The fourth-order valence-electron chi connectivity index (χ4n) is 1.09. The van der Waals surface area contributed by atoms with Crippen LogP contribution in [0.15, 0.2) is 42.0 Å². The highest BCUT2D eigenvalue weighted by Crippen LogP contribution is 2.11. The quantitative estimate of drug-likeness (QED) is 0.744. The Balaban J connectivity index is 1.92. The smallest absolute Gasteiger partial charge is 0.348 e. The van der Waals surface area contributed by atoms with Gasteiger partial charge in [-0.3, -0.25) is 4.98 Å². The number of esters is 1. The molecule has 0 spiro atoms. The minimum atomic E-state index is -0.276. The molecule has 15 heavy (non-hydrogen) atoms. The minimum absolute atomic E-state index is 0.276.